The van der Waals surface area contributed by atoms with Gasteiger partial charge in [-0.05, 0) is 57.8 Å². The topological polar surface area (TPSA) is 111 Å². The van der Waals surface area contributed by atoms with Gasteiger partial charge in [0, 0.05) is 12.8 Å². The van der Waals surface area contributed by atoms with Gasteiger partial charge in [-0.1, -0.05) is 115 Å². The summed E-state index contributed by atoms with van der Waals surface area (Å²) in [5.74, 6) is -0.857. The Balaban J connectivity index is 4.44. The van der Waals surface area contributed by atoms with Crippen molar-refractivity contribution in [3.8, 4) is 0 Å². The highest BCUT2D eigenvalue weighted by Crippen LogP contribution is 2.38. The number of ether oxygens (including phenoxy) is 2. The fraction of sp³-hybridized carbons (Fsp3) is 0.846. The van der Waals surface area contributed by atoms with Gasteiger partial charge in [-0.3, -0.25) is 14.2 Å². The zero-order valence-corrected chi connectivity index (χ0v) is 33.0. The fourth-order valence-electron chi connectivity index (χ4n) is 5.04. The van der Waals surface area contributed by atoms with E-state index in [1.165, 1.54) is 51.4 Å². The lowest BCUT2D eigenvalue weighted by molar-refractivity contribution is -0.870. The van der Waals surface area contributed by atoms with Gasteiger partial charge in [-0.15, -0.1) is 0 Å². The molecule has 0 aromatic heterocycles. The molecule has 0 saturated heterocycles. The average molecular weight is 716 g/mol. The highest BCUT2D eigenvalue weighted by molar-refractivity contribution is 7.45. The van der Waals surface area contributed by atoms with Gasteiger partial charge >= 0.3 is 11.9 Å². The molecule has 0 radical (unpaired) electrons. The van der Waals surface area contributed by atoms with Crippen molar-refractivity contribution in [1.82, 2.24) is 0 Å². The summed E-state index contributed by atoms with van der Waals surface area (Å²) >= 11 is 0. The zero-order chi connectivity index (χ0) is 36.5. The van der Waals surface area contributed by atoms with Crippen molar-refractivity contribution >= 4 is 19.8 Å². The maximum absolute atomic E-state index is 12.6. The number of allylic oxidation sites excluding steroid dienone is 4. The van der Waals surface area contributed by atoms with Crippen molar-refractivity contribution in [2.75, 3.05) is 47.5 Å². The molecule has 1 unspecified atom stereocenters. The molecule has 0 aliphatic rings. The Bertz CT molecular complexity index is 902. The normalized spacial score (nSPS) is 14.0. The maximum Gasteiger partial charge on any atom is 0.306 e. The third-order valence-electron chi connectivity index (χ3n) is 8.19. The molecular formula is C39H74NO8P. The van der Waals surface area contributed by atoms with Gasteiger partial charge in [-0.2, -0.15) is 0 Å². The number of nitrogens with zero attached hydrogens (tertiary/aromatic N) is 1. The van der Waals surface area contributed by atoms with E-state index in [4.69, 9.17) is 18.5 Å². The van der Waals surface area contributed by atoms with E-state index < -0.39 is 32.5 Å². The number of quaternary nitrogens is 1. The average Bonchev–Trinajstić information content (AvgIpc) is 3.04. The summed E-state index contributed by atoms with van der Waals surface area (Å²) in [4.78, 5) is 37.3. The number of phosphoric acid groups is 1. The molecule has 0 spiro atoms. The van der Waals surface area contributed by atoms with Crippen LogP contribution in [0.5, 0.6) is 0 Å². The van der Waals surface area contributed by atoms with Gasteiger partial charge in [0.15, 0.2) is 6.10 Å². The Kier molecular flexibility index (Phi) is 31.4. The summed E-state index contributed by atoms with van der Waals surface area (Å²) in [5, 5.41) is 0. The number of likely N-dealkylation sites (N-methyl/N-ethyl adjacent to an activating group) is 1. The second kappa shape index (κ2) is 32.4. The van der Waals surface area contributed by atoms with E-state index in [0.29, 0.717) is 17.4 Å². The Morgan fingerprint density at radius 3 is 1.57 bits per heavy atom. The van der Waals surface area contributed by atoms with E-state index >= 15 is 0 Å². The third kappa shape index (κ3) is 36.1. The van der Waals surface area contributed by atoms with Crippen LogP contribution in [0.3, 0.4) is 0 Å². The van der Waals surface area contributed by atoms with Crippen molar-refractivity contribution in [2.45, 2.75) is 168 Å². The number of hydrogen-bond donors (Lipinski definition) is 0. The van der Waals surface area contributed by atoms with Crippen LogP contribution in [0.4, 0.5) is 0 Å². The van der Waals surface area contributed by atoms with Gasteiger partial charge in [0.25, 0.3) is 7.82 Å². The Hall–Kier alpha value is -1.51. The Labute approximate surface area is 300 Å². The molecule has 0 fully saturated rings. The van der Waals surface area contributed by atoms with Crippen LogP contribution in [0.15, 0.2) is 24.3 Å². The molecule has 288 valence electrons. The van der Waals surface area contributed by atoms with Crippen LogP contribution < -0.4 is 4.89 Å². The highest BCUT2D eigenvalue weighted by atomic mass is 31.2. The smallest absolute Gasteiger partial charge is 0.306 e. The molecule has 2 atom stereocenters. The lowest BCUT2D eigenvalue weighted by Gasteiger charge is -2.28. The minimum Gasteiger partial charge on any atom is -0.756 e. The lowest BCUT2D eigenvalue weighted by Crippen LogP contribution is -2.37. The molecule has 0 amide bonds. The first-order valence-corrected chi connectivity index (χ1v) is 21.0. The third-order valence-corrected chi connectivity index (χ3v) is 9.16. The van der Waals surface area contributed by atoms with Crippen molar-refractivity contribution in [3.05, 3.63) is 24.3 Å². The van der Waals surface area contributed by atoms with Gasteiger partial charge in [0.2, 0.25) is 0 Å². The maximum atomic E-state index is 12.6. The van der Waals surface area contributed by atoms with E-state index in [2.05, 4.69) is 38.2 Å². The molecule has 0 N–H and O–H groups in total. The SMILES string of the molecule is CCCC/C=C/CCCCCCCC(=O)O[C@H](COC(=O)CCCCCCC/C=C/CCCCCCC)COP(=O)([O-])OCC[N+](C)(C)C. The molecule has 49 heavy (non-hydrogen) atoms. The van der Waals surface area contributed by atoms with Crippen LogP contribution in [0.1, 0.15) is 162 Å². The summed E-state index contributed by atoms with van der Waals surface area (Å²) in [6.45, 7) is 4.14. The van der Waals surface area contributed by atoms with E-state index in [9.17, 15) is 19.0 Å². The predicted octanol–water partition coefficient (Wildman–Crippen LogP) is 9.77. The Morgan fingerprint density at radius 1 is 0.612 bits per heavy atom. The number of phosphoric ester groups is 1. The van der Waals surface area contributed by atoms with Crippen LogP contribution in [-0.2, 0) is 32.7 Å². The van der Waals surface area contributed by atoms with Crippen molar-refractivity contribution in [2.24, 2.45) is 0 Å². The number of hydrogen-bond acceptors (Lipinski definition) is 8. The monoisotopic (exact) mass is 716 g/mol. The predicted molar refractivity (Wildman–Crippen MR) is 199 cm³/mol. The van der Waals surface area contributed by atoms with Crippen LogP contribution in [0, 0.1) is 0 Å². The number of carbonyl (C=O) groups is 2. The molecule has 0 aliphatic heterocycles. The molecule has 10 heteroatoms. The highest BCUT2D eigenvalue weighted by Gasteiger charge is 2.21. The first kappa shape index (κ1) is 47.5. The molecule has 0 aliphatic carbocycles. The van der Waals surface area contributed by atoms with Crippen LogP contribution in [-0.4, -0.2) is 70.0 Å². The molecule has 0 heterocycles. The van der Waals surface area contributed by atoms with Crippen LogP contribution in [0.25, 0.3) is 0 Å². The number of unbranched alkanes of at least 4 members (excludes halogenated alkanes) is 17. The molecule has 9 nitrogen and oxygen atoms in total. The van der Waals surface area contributed by atoms with E-state index in [-0.39, 0.29) is 26.1 Å². The molecular weight excluding hydrogens is 641 g/mol. The summed E-state index contributed by atoms with van der Waals surface area (Å²) in [7, 11) is 1.15. The van der Waals surface area contributed by atoms with Crippen molar-refractivity contribution in [3.63, 3.8) is 0 Å². The number of carbonyl (C=O) groups excluding carboxylic acids is 2. The van der Waals surface area contributed by atoms with Crippen molar-refractivity contribution < 1.29 is 42.1 Å². The summed E-state index contributed by atoms with van der Waals surface area (Å²) in [5.41, 5.74) is 0. The molecule has 0 rings (SSSR count). The van der Waals surface area contributed by atoms with E-state index in [1.807, 2.05) is 21.1 Å². The van der Waals surface area contributed by atoms with Gasteiger partial charge in [0.05, 0.1) is 27.7 Å². The fourth-order valence-corrected chi connectivity index (χ4v) is 5.77. The molecule has 0 aromatic rings. The minimum absolute atomic E-state index is 0.0330. The van der Waals surface area contributed by atoms with E-state index in [1.54, 1.807) is 0 Å². The van der Waals surface area contributed by atoms with Crippen LogP contribution in [0.2, 0.25) is 0 Å². The lowest BCUT2D eigenvalue weighted by atomic mass is 10.1. The molecule has 0 bridgehead atoms. The largest absolute Gasteiger partial charge is 0.756 e. The van der Waals surface area contributed by atoms with Gasteiger partial charge < -0.3 is 27.9 Å². The summed E-state index contributed by atoms with van der Waals surface area (Å²) in [6, 6.07) is 0. The first-order chi connectivity index (χ1) is 23.5. The van der Waals surface area contributed by atoms with E-state index in [0.717, 1.165) is 77.0 Å². The zero-order valence-electron chi connectivity index (χ0n) is 32.1. The quantitative estimate of drug-likeness (QED) is 0.0210. The molecule has 0 saturated carbocycles. The second-order valence-electron chi connectivity index (χ2n) is 14.3. The standard InChI is InChI=1S/C39H74NO8P/c1-6-8-10-12-14-16-18-19-20-22-23-25-27-29-31-38(41)45-35-37(36-47-49(43,44)46-34-33-40(3,4)5)48-39(42)32-30-28-26-24-21-17-15-13-11-9-7-2/h13,15,18-19,37H,6-12,14,16-17,20-36H2,1-5H3/b15-13+,19-18+/t37-/m1/s1. The van der Waals surface area contributed by atoms with Crippen LogP contribution >= 0.6 is 7.82 Å². The number of rotatable bonds is 35. The second-order valence-corrected chi connectivity index (χ2v) is 15.7. The molecule has 0 aromatic carbocycles. The summed E-state index contributed by atoms with van der Waals surface area (Å²) < 4.78 is 33.7. The first-order valence-electron chi connectivity index (χ1n) is 19.5. The minimum atomic E-state index is -4.62. The Morgan fingerprint density at radius 2 is 1.06 bits per heavy atom. The van der Waals surface area contributed by atoms with Gasteiger partial charge in [0.1, 0.15) is 19.8 Å². The summed E-state index contributed by atoms with van der Waals surface area (Å²) in [6.07, 6.45) is 32.0. The van der Waals surface area contributed by atoms with Gasteiger partial charge in [-0.25, -0.2) is 0 Å². The van der Waals surface area contributed by atoms with Crippen molar-refractivity contribution in [1.29, 1.82) is 0 Å². The number of esters is 2.